The summed E-state index contributed by atoms with van der Waals surface area (Å²) in [7, 11) is 0. The summed E-state index contributed by atoms with van der Waals surface area (Å²) < 4.78 is 6.09. The van der Waals surface area contributed by atoms with Gasteiger partial charge in [0.15, 0.2) is 0 Å². The standard InChI is InChI=1S/C24H18ClNO3S/c1-2-13-26-23(27)22(30-24(26)28)14-19-18-9-5-3-7-16(18)11-12-21(19)29-15-17-8-4-6-10-20(17)25/h2-12,14H,1,13,15H2/b22-14+. The first-order valence-electron chi connectivity index (χ1n) is 9.32. The van der Waals surface area contributed by atoms with Crippen LogP contribution in [0.2, 0.25) is 5.02 Å². The van der Waals surface area contributed by atoms with Crippen LogP contribution in [0.1, 0.15) is 11.1 Å². The van der Waals surface area contributed by atoms with Crippen molar-refractivity contribution >= 4 is 51.4 Å². The van der Waals surface area contributed by atoms with Crippen molar-refractivity contribution in [3.05, 3.63) is 94.4 Å². The summed E-state index contributed by atoms with van der Waals surface area (Å²) in [6, 6.07) is 19.2. The van der Waals surface area contributed by atoms with Crippen LogP contribution in [-0.4, -0.2) is 22.6 Å². The van der Waals surface area contributed by atoms with E-state index < -0.39 is 0 Å². The van der Waals surface area contributed by atoms with Gasteiger partial charge in [-0.2, -0.15) is 0 Å². The molecule has 0 unspecified atom stereocenters. The molecule has 0 aromatic heterocycles. The van der Waals surface area contributed by atoms with Gasteiger partial charge in [-0.1, -0.05) is 66.2 Å². The Balaban J connectivity index is 1.75. The first-order valence-corrected chi connectivity index (χ1v) is 10.5. The van der Waals surface area contributed by atoms with Crippen molar-refractivity contribution in [2.75, 3.05) is 6.54 Å². The highest BCUT2D eigenvalue weighted by molar-refractivity contribution is 8.18. The highest BCUT2D eigenvalue weighted by Crippen LogP contribution is 2.37. The Morgan fingerprint density at radius 2 is 1.80 bits per heavy atom. The summed E-state index contributed by atoms with van der Waals surface area (Å²) in [6.07, 6.45) is 3.27. The molecular weight excluding hydrogens is 418 g/mol. The number of amides is 2. The molecule has 4 nitrogen and oxygen atoms in total. The van der Waals surface area contributed by atoms with E-state index in [4.69, 9.17) is 16.3 Å². The molecule has 0 atom stereocenters. The number of carbonyl (C=O) groups is 2. The van der Waals surface area contributed by atoms with E-state index in [9.17, 15) is 9.59 Å². The number of imide groups is 1. The molecule has 1 heterocycles. The SMILES string of the molecule is C=CCN1C(=O)S/C(=C/c2c(OCc3ccccc3Cl)ccc3ccccc23)C1=O. The largest absolute Gasteiger partial charge is 0.488 e. The highest BCUT2D eigenvalue weighted by atomic mass is 35.5. The molecule has 0 bridgehead atoms. The fourth-order valence-corrected chi connectivity index (χ4v) is 4.26. The normalized spacial score (nSPS) is 15.2. The van der Waals surface area contributed by atoms with Gasteiger partial charge in [0.05, 0.1) is 4.91 Å². The Labute approximate surface area is 183 Å². The number of carbonyl (C=O) groups excluding carboxylic acids is 2. The van der Waals surface area contributed by atoms with Gasteiger partial charge in [-0.15, -0.1) is 6.58 Å². The number of thioether (sulfide) groups is 1. The lowest BCUT2D eigenvalue weighted by molar-refractivity contribution is -0.122. The average molecular weight is 436 g/mol. The Morgan fingerprint density at radius 1 is 1.03 bits per heavy atom. The molecule has 1 aliphatic heterocycles. The number of rotatable bonds is 6. The van der Waals surface area contributed by atoms with Gasteiger partial charge in [-0.3, -0.25) is 14.5 Å². The zero-order chi connectivity index (χ0) is 21.1. The minimum Gasteiger partial charge on any atom is -0.488 e. The molecular formula is C24H18ClNO3S. The maximum absolute atomic E-state index is 12.7. The molecule has 1 fully saturated rings. The molecule has 3 aromatic carbocycles. The number of ether oxygens (including phenoxy) is 1. The fraction of sp³-hybridized carbons (Fsp3) is 0.0833. The number of hydrogen-bond donors (Lipinski definition) is 0. The molecule has 150 valence electrons. The second-order valence-electron chi connectivity index (χ2n) is 6.66. The third-order valence-electron chi connectivity index (χ3n) is 4.73. The van der Waals surface area contributed by atoms with Gasteiger partial charge in [0, 0.05) is 22.7 Å². The van der Waals surface area contributed by atoms with E-state index >= 15 is 0 Å². The molecule has 0 radical (unpaired) electrons. The summed E-state index contributed by atoms with van der Waals surface area (Å²) >= 11 is 7.18. The predicted molar refractivity (Wildman–Crippen MR) is 123 cm³/mol. The van der Waals surface area contributed by atoms with Crippen LogP contribution in [0.4, 0.5) is 4.79 Å². The van der Waals surface area contributed by atoms with E-state index in [1.54, 1.807) is 6.08 Å². The lowest BCUT2D eigenvalue weighted by Crippen LogP contribution is -2.27. The average Bonchev–Trinajstić information content (AvgIpc) is 3.02. The zero-order valence-electron chi connectivity index (χ0n) is 16.0. The fourth-order valence-electron chi connectivity index (χ4n) is 3.24. The first kappa shape index (κ1) is 20.3. The summed E-state index contributed by atoms with van der Waals surface area (Å²) in [5, 5.41) is 2.28. The monoisotopic (exact) mass is 435 g/mol. The number of hydrogen-bond acceptors (Lipinski definition) is 4. The summed E-state index contributed by atoms with van der Waals surface area (Å²) in [6.45, 7) is 4.09. The van der Waals surface area contributed by atoms with Crippen LogP contribution < -0.4 is 4.74 Å². The molecule has 0 aliphatic carbocycles. The van der Waals surface area contributed by atoms with E-state index in [0.29, 0.717) is 15.7 Å². The Hall–Kier alpha value is -3.02. The van der Waals surface area contributed by atoms with Crippen LogP contribution in [0.25, 0.3) is 16.8 Å². The van der Waals surface area contributed by atoms with Crippen molar-refractivity contribution in [1.82, 2.24) is 4.90 Å². The number of fused-ring (bicyclic) bond motifs is 1. The van der Waals surface area contributed by atoms with Crippen molar-refractivity contribution in [1.29, 1.82) is 0 Å². The smallest absolute Gasteiger partial charge is 0.293 e. The summed E-state index contributed by atoms with van der Waals surface area (Å²) in [5.74, 6) is 0.291. The Morgan fingerprint density at radius 3 is 2.60 bits per heavy atom. The van der Waals surface area contributed by atoms with Gasteiger partial charge in [-0.05, 0) is 40.7 Å². The molecule has 1 saturated heterocycles. The number of benzene rings is 3. The van der Waals surface area contributed by atoms with Gasteiger partial charge in [-0.25, -0.2) is 0 Å². The van der Waals surface area contributed by atoms with Crippen LogP contribution in [0.15, 0.2) is 78.2 Å². The minimum absolute atomic E-state index is 0.188. The zero-order valence-corrected chi connectivity index (χ0v) is 17.6. The number of nitrogens with zero attached hydrogens (tertiary/aromatic N) is 1. The lowest BCUT2D eigenvalue weighted by Gasteiger charge is -2.13. The molecule has 4 rings (SSSR count). The van der Waals surface area contributed by atoms with Gasteiger partial charge >= 0.3 is 0 Å². The molecule has 0 saturated carbocycles. The van der Waals surface area contributed by atoms with E-state index in [0.717, 1.165) is 33.7 Å². The van der Waals surface area contributed by atoms with Crippen LogP contribution >= 0.6 is 23.4 Å². The van der Waals surface area contributed by atoms with Gasteiger partial charge in [0.1, 0.15) is 12.4 Å². The third-order valence-corrected chi connectivity index (χ3v) is 6.01. The molecule has 30 heavy (non-hydrogen) atoms. The highest BCUT2D eigenvalue weighted by Gasteiger charge is 2.34. The van der Waals surface area contributed by atoms with Crippen molar-refractivity contribution < 1.29 is 14.3 Å². The second-order valence-corrected chi connectivity index (χ2v) is 8.06. The van der Waals surface area contributed by atoms with Crippen LogP contribution in [0.3, 0.4) is 0 Å². The molecule has 0 N–H and O–H groups in total. The Bertz CT molecular complexity index is 1190. The van der Waals surface area contributed by atoms with Gasteiger partial charge in [0.25, 0.3) is 11.1 Å². The van der Waals surface area contributed by atoms with E-state index in [1.807, 2.05) is 60.7 Å². The quantitative estimate of drug-likeness (QED) is 0.337. The van der Waals surface area contributed by atoms with Gasteiger partial charge < -0.3 is 4.74 Å². The van der Waals surface area contributed by atoms with Crippen molar-refractivity contribution in [2.45, 2.75) is 6.61 Å². The molecule has 2 amide bonds. The minimum atomic E-state index is -0.324. The predicted octanol–water partition coefficient (Wildman–Crippen LogP) is 6.29. The van der Waals surface area contributed by atoms with Gasteiger partial charge in [0.2, 0.25) is 0 Å². The van der Waals surface area contributed by atoms with E-state index in [1.165, 1.54) is 11.0 Å². The topological polar surface area (TPSA) is 46.6 Å². The number of halogens is 1. The third kappa shape index (κ3) is 3.99. The second kappa shape index (κ2) is 8.78. The summed E-state index contributed by atoms with van der Waals surface area (Å²) in [4.78, 5) is 26.4. The van der Waals surface area contributed by atoms with E-state index in [2.05, 4.69) is 6.58 Å². The van der Waals surface area contributed by atoms with Crippen molar-refractivity contribution in [2.24, 2.45) is 0 Å². The molecule has 3 aromatic rings. The molecule has 6 heteroatoms. The maximum atomic E-state index is 12.7. The van der Waals surface area contributed by atoms with Crippen LogP contribution in [-0.2, 0) is 11.4 Å². The lowest BCUT2D eigenvalue weighted by atomic mass is 10.0. The van der Waals surface area contributed by atoms with Crippen LogP contribution in [0.5, 0.6) is 5.75 Å². The Kier molecular flexibility index (Phi) is 5.93. The maximum Gasteiger partial charge on any atom is 0.293 e. The first-order chi connectivity index (χ1) is 14.6. The summed E-state index contributed by atoms with van der Waals surface area (Å²) in [5.41, 5.74) is 1.62. The van der Waals surface area contributed by atoms with Crippen molar-refractivity contribution in [3.8, 4) is 5.75 Å². The van der Waals surface area contributed by atoms with Crippen molar-refractivity contribution in [3.63, 3.8) is 0 Å². The van der Waals surface area contributed by atoms with Crippen LogP contribution in [0, 0.1) is 0 Å². The van der Waals surface area contributed by atoms with E-state index in [-0.39, 0.29) is 24.3 Å². The molecule has 0 spiro atoms. The molecule has 1 aliphatic rings.